The van der Waals surface area contributed by atoms with Crippen molar-refractivity contribution in [1.82, 2.24) is 0 Å². The summed E-state index contributed by atoms with van der Waals surface area (Å²) in [5, 5.41) is 0. The molecule has 172 valence electrons. The van der Waals surface area contributed by atoms with Crippen molar-refractivity contribution in [3.05, 3.63) is 108 Å². The molecule has 6 rings (SSSR count). The van der Waals surface area contributed by atoms with Crippen LogP contribution in [-0.4, -0.2) is 24.1 Å². The largest absolute Gasteiger partial charge is 0.455 e. The van der Waals surface area contributed by atoms with E-state index in [9.17, 15) is 9.59 Å². The van der Waals surface area contributed by atoms with Gasteiger partial charge < -0.3 is 9.47 Å². The van der Waals surface area contributed by atoms with Gasteiger partial charge in [0, 0.05) is 11.8 Å². The molecule has 3 saturated carbocycles. The van der Waals surface area contributed by atoms with E-state index in [2.05, 4.69) is 30.3 Å². The highest BCUT2D eigenvalue weighted by Gasteiger charge is 2.64. The zero-order chi connectivity index (χ0) is 23.1. The van der Waals surface area contributed by atoms with Crippen LogP contribution in [0.2, 0.25) is 0 Å². The van der Waals surface area contributed by atoms with Gasteiger partial charge in [-0.2, -0.15) is 0 Å². The fourth-order valence-corrected chi connectivity index (χ4v) is 6.96. The summed E-state index contributed by atoms with van der Waals surface area (Å²) in [5.74, 6) is 1.15. The van der Waals surface area contributed by atoms with Crippen LogP contribution in [-0.2, 0) is 9.47 Å². The molecular weight excluding hydrogens is 424 g/mol. The highest BCUT2D eigenvalue weighted by molar-refractivity contribution is 5.90. The van der Waals surface area contributed by atoms with Crippen molar-refractivity contribution in [3.63, 3.8) is 0 Å². The average molecular weight is 453 g/mol. The molecule has 6 unspecified atom stereocenters. The fourth-order valence-electron chi connectivity index (χ4n) is 6.96. The van der Waals surface area contributed by atoms with Gasteiger partial charge in [-0.05, 0) is 66.8 Å². The van der Waals surface area contributed by atoms with Crippen LogP contribution in [0.5, 0.6) is 0 Å². The van der Waals surface area contributed by atoms with Crippen LogP contribution in [0.3, 0.4) is 0 Å². The lowest BCUT2D eigenvalue weighted by Gasteiger charge is -2.39. The zero-order valence-electron chi connectivity index (χ0n) is 19.0. The van der Waals surface area contributed by atoms with Gasteiger partial charge in [-0.15, -0.1) is 0 Å². The second-order valence-electron chi connectivity index (χ2n) is 9.87. The summed E-state index contributed by atoms with van der Waals surface area (Å²) >= 11 is 0. The number of hydrogen-bond acceptors (Lipinski definition) is 4. The monoisotopic (exact) mass is 452 g/mol. The summed E-state index contributed by atoms with van der Waals surface area (Å²) in [6, 6.07) is 28.9. The molecule has 34 heavy (non-hydrogen) atoms. The van der Waals surface area contributed by atoms with E-state index < -0.39 is 12.2 Å². The lowest BCUT2D eigenvalue weighted by molar-refractivity contribution is -0.0781. The molecule has 0 amide bonds. The molecule has 3 fully saturated rings. The molecule has 0 N–H and O–H groups in total. The molecule has 4 heteroatoms. The number of rotatable bonds is 5. The van der Waals surface area contributed by atoms with Gasteiger partial charge >= 0.3 is 11.9 Å². The molecule has 0 radical (unpaired) electrons. The molecule has 3 aromatic rings. The Morgan fingerprint density at radius 2 is 1.09 bits per heavy atom. The minimum Gasteiger partial charge on any atom is -0.455 e. The van der Waals surface area contributed by atoms with Crippen LogP contribution in [0.4, 0.5) is 0 Å². The van der Waals surface area contributed by atoms with Crippen molar-refractivity contribution < 1.29 is 19.1 Å². The standard InChI is InChI=1S/C30H28O4/c31-29(20-12-6-2-7-13-20)33-27-24-18-25(28(27)34-30(32)21-14-8-3-9-15-21)26-22(16-17-23(24)26)19-10-4-1-5-11-19/h1-15,22-28H,16-18H2/t22?,23?,24-,25?,26?,27?,28?/m1/s1. The van der Waals surface area contributed by atoms with E-state index in [4.69, 9.17) is 9.47 Å². The highest BCUT2D eigenvalue weighted by atomic mass is 16.6. The van der Waals surface area contributed by atoms with Crippen LogP contribution < -0.4 is 0 Å². The van der Waals surface area contributed by atoms with Gasteiger partial charge in [0.15, 0.2) is 0 Å². The molecular formula is C30H28O4. The molecule has 3 aliphatic rings. The first-order valence-electron chi connectivity index (χ1n) is 12.3. The number of esters is 2. The van der Waals surface area contributed by atoms with Crippen molar-refractivity contribution in [2.24, 2.45) is 23.7 Å². The molecule has 0 heterocycles. The van der Waals surface area contributed by atoms with Gasteiger partial charge in [-0.25, -0.2) is 9.59 Å². The van der Waals surface area contributed by atoms with Crippen molar-refractivity contribution in [3.8, 4) is 0 Å². The molecule has 3 aliphatic carbocycles. The summed E-state index contributed by atoms with van der Waals surface area (Å²) in [7, 11) is 0. The summed E-state index contributed by atoms with van der Waals surface area (Å²) in [5.41, 5.74) is 2.43. The van der Waals surface area contributed by atoms with E-state index in [1.54, 1.807) is 24.3 Å². The number of fused-ring (bicyclic) bond motifs is 5. The third-order valence-electron chi connectivity index (χ3n) is 8.26. The van der Waals surface area contributed by atoms with Crippen LogP contribution in [0.25, 0.3) is 0 Å². The van der Waals surface area contributed by atoms with Gasteiger partial charge in [0.05, 0.1) is 11.1 Å². The molecule has 3 aromatic carbocycles. The van der Waals surface area contributed by atoms with Gasteiger partial charge in [0.1, 0.15) is 12.2 Å². The Balaban J connectivity index is 1.30. The van der Waals surface area contributed by atoms with Gasteiger partial charge in [-0.3, -0.25) is 0 Å². The van der Waals surface area contributed by atoms with E-state index in [1.165, 1.54) is 5.56 Å². The second kappa shape index (κ2) is 8.75. The Hall–Kier alpha value is -3.40. The second-order valence-corrected chi connectivity index (χ2v) is 9.87. The van der Waals surface area contributed by atoms with Crippen molar-refractivity contribution >= 4 is 11.9 Å². The quantitative estimate of drug-likeness (QED) is 0.453. The van der Waals surface area contributed by atoms with Gasteiger partial charge in [-0.1, -0.05) is 66.7 Å². The van der Waals surface area contributed by atoms with Crippen LogP contribution in [0.15, 0.2) is 91.0 Å². The summed E-state index contributed by atoms with van der Waals surface area (Å²) < 4.78 is 12.3. The number of ether oxygens (including phenoxy) is 2. The normalized spacial score (nSPS) is 31.1. The molecule has 0 spiro atoms. The molecule has 0 saturated heterocycles. The number of benzene rings is 3. The molecule has 0 aliphatic heterocycles. The number of carbonyl (C=O) groups excluding carboxylic acids is 2. The lowest BCUT2D eigenvalue weighted by Crippen LogP contribution is -2.46. The zero-order valence-corrected chi connectivity index (χ0v) is 19.0. The predicted molar refractivity (Wildman–Crippen MR) is 128 cm³/mol. The first-order valence-corrected chi connectivity index (χ1v) is 12.3. The predicted octanol–water partition coefficient (Wildman–Crippen LogP) is 5.90. The van der Waals surface area contributed by atoms with E-state index in [0.717, 1.165) is 19.3 Å². The van der Waals surface area contributed by atoms with Crippen molar-refractivity contribution in [2.75, 3.05) is 0 Å². The maximum absolute atomic E-state index is 13.1. The average Bonchev–Trinajstić information content (AvgIpc) is 3.58. The van der Waals surface area contributed by atoms with E-state index in [1.807, 2.05) is 36.4 Å². The van der Waals surface area contributed by atoms with Crippen LogP contribution in [0, 0.1) is 23.7 Å². The molecule has 4 nitrogen and oxygen atoms in total. The van der Waals surface area contributed by atoms with E-state index in [0.29, 0.717) is 28.9 Å². The summed E-state index contributed by atoms with van der Waals surface area (Å²) in [4.78, 5) is 26.1. The van der Waals surface area contributed by atoms with Crippen LogP contribution in [0.1, 0.15) is 51.5 Å². The summed E-state index contributed by atoms with van der Waals surface area (Å²) in [6.07, 6.45) is 2.38. The highest BCUT2D eigenvalue weighted by Crippen LogP contribution is 2.64. The minimum absolute atomic E-state index is 0.198. The smallest absolute Gasteiger partial charge is 0.338 e. The molecule has 2 bridgehead atoms. The molecule has 7 atom stereocenters. The van der Waals surface area contributed by atoms with Gasteiger partial charge in [0.2, 0.25) is 0 Å². The third-order valence-corrected chi connectivity index (χ3v) is 8.26. The van der Waals surface area contributed by atoms with Crippen LogP contribution >= 0.6 is 0 Å². The lowest BCUT2D eigenvalue weighted by atomic mass is 9.73. The third kappa shape index (κ3) is 3.62. The Labute approximate surface area is 199 Å². The first-order chi connectivity index (χ1) is 16.7. The Morgan fingerprint density at radius 3 is 1.65 bits per heavy atom. The topological polar surface area (TPSA) is 52.6 Å². The number of hydrogen-bond donors (Lipinski definition) is 0. The Bertz CT molecular complexity index is 1160. The maximum atomic E-state index is 13.1. The van der Waals surface area contributed by atoms with Crippen molar-refractivity contribution in [1.29, 1.82) is 0 Å². The maximum Gasteiger partial charge on any atom is 0.338 e. The van der Waals surface area contributed by atoms with E-state index >= 15 is 0 Å². The fraction of sp³-hybridized carbons (Fsp3) is 0.333. The SMILES string of the molecule is O=C(OC1C2C[C@H](C3CCC(c4ccccc4)C23)C1OC(=O)c1ccccc1)c1ccccc1. The molecule has 0 aromatic heterocycles. The Morgan fingerprint density at radius 1 is 0.588 bits per heavy atom. The van der Waals surface area contributed by atoms with Crippen molar-refractivity contribution in [2.45, 2.75) is 37.4 Å². The minimum atomic E-state index is -0.420. The van der Waals surface area contributed by atoms with E-state index in [-0.39, 0.29) is 23.8 Å². The van der Waals surface area contributed by atoms with Gasteiger partial charge in [0.25, 0.3) is 0 Å². The summed E-state index contributed by atoms with van der Waals surface area (Å²) in [6.45, 7) is 0. The first kappa shape index (κ1) is 21.2. The number of carbonyl (C=O) groups is 2. The Kier molecular flexibility index (Phi) is 5.44.